The zero-order valence-electron chi connectivity index (χ0n) is 19.0. The number of benzene rings is 1. The van der Waals surface area contributed by atoms with Crippen molar-refractivity contribution in [2.45, 2.75) is 39.4 Å². The number of hydrogen-bond acceptors (Lipinski definition) is 5. The number of methoxy groups -OCH3 is 1. The predicted octanol–water partition coefficient (Wildman–Crippen LogP) is 2.37. The number of pyridine rings is 1. The summed E-state index contributed by atoms with van der Waals surface area (Å²) in [6, 6.07) is 1.01. The maximum Gasteiger partial charge on any atom is 0.278 e. The molecular weight excluding hydrogens is 453 g/mol. The monoisotopic (exact) mass is 478 g/mol. The van der Waals surface area contributed by atoms with E-state index in [1.165, 1.54) is 18.0 Å². The fourth-order valence-electron chi connectivity index (χ4n) is 4.62. The van der Waals surface area contributed by atoms with E-state index in [-0.39, 0.29) is 29.1 Å². The van der Waals surface area contributed by atoms with Gasteiger partial charge in [-0.25, -0.2) is 13.2 Å². The average molecular weight is 478 g/mol. The van der Waals surface area contributed by atoms with Crippen LogP contribution in [0.1, 0.15) is 53.1 Å². The van der Waals surface area contributed by atoms with Gasteiger partial charge in [0, 0.05) is 43.5 Å². The highest BCUT2D eigenvalue weighted by Gasteiger charge is 2.42. The summed E-state index contributed by atoms with van der Waals surface area (Å²) in [7, 11) is 1.23. The van der Waals surface area contributed by atoms with Gasteiger partial charge in [-0.1, -0.05) is 6.92 Å². The van der Waals surface area contributed by atoms with Gasteiger partial charge in [-0.2, -0.15) is 0 Å². The number of carbonyl (C=O) groups excluding carboxylic acids is 2. The summed E-state index contributed by atoms with van der Waals surface area (Å²) in [5, 5.41) is 4.23. The normalized spacial score (nSPS) is 19.5. The highest BCUT2D eigenvalue weighted by molar-refractivity contribution is 5.99. The standard InChI is InChI=1S/C23H25F3N4O4/c1-4-28-18-6-5-12(2)10-29(18)30-11-15(20(31)21(34-3)19(30)23(28)33)22(32)27-9-14-16(25)7-13(24)8-17(14)26/h7-8,11-12,18H,4-6,9-10H2,1-3H3,(H,27,32)/t12-,18-/m0/s1. The lowest BCUT2D eigenvalue weighted by Gasteiger charge is -2.50. The van der Waals surface area contributed by atoms with Gasteiger partial charge >= 0.3 is 0 Å². The lowest BCUT2D eigenvalue weighted by molar-refractivity contribution is 0.0507. The molecule has 34 heavy (non-hydrogen) atoms. The lowest BCUT2D eigenvalue weighted by Crippen LogP contribution is -2.64. The van der Waals surface area contributed by atoms with E-state index in [9.17, 15) is 27.6 Å². The molecule has 182 valence electrons. The second-order valence-electron chi connectivity index (χ2n) is 8.51. The van der Waals surface area contributed by atoms with Crippen molar-refractivity contribution < 1.29 is 27.5 Å². The van der Waals surface area contributed by atoms with Crippen molar-refractivity contribution in [2.24, 2.45) is 5.92 Å². The molecule has 8 nitrogen and oxygen atoms in total. The summed E-state index contributed by atoms with van der Waals surface area (Å²) < 4.78 is 47.8. The Kier molecular flexibility index (Phi) is 6.28. The maximum absolute atomic E-state index is 14.0. The molecule has 0 saturated carbocycles. The van der Waals surface area contributed by atoms with Crippen molar-refractivity contribution in [2.75, 3.05) is 25.2 Å². The molecule has 1 aromatic carbocycles. The zero-order chi connectivity index (χ0) is 24.7. The summed E-state index contributed by atoms with van der Waals surface area (Å²) >= 11 is 0. The number of nitrogens with zero attached hydrogens (tertiary/aromatic N) is 3. The molecule has 3 heterocycles. The first kappa shape index (κ1) is 23.7. The summed E-state index contributed by atoms with van der Waals surface area (Å²) in [6.07, 6.45) is 2.66. The van der Waals surface area contributed by atoms with Gasteiger partial charge in [0.05, 0.1) is 7.11 Å². The molecule has 2 aromatic rings. The Morgan fingerprint density at radius 1 is 1.18 bits per heavy atom. The smallest absolute Gasteiger partial charge is 0.278 e. The number of carbonyl (C=O) groups is 2. The second kappa shape index (κ2) is 9.03. The summed E-state index contributed by atoms with van der Waals surface area (Å²) in [5.74, 6) is -4.67. The average Bonchev–Trinajstić information content (AvgIpc) is 2.78. The first-order valence-electron chi connectivity index (χ1n) is 11.0. The van der Waals surface area contributed by atoms with E-state index in [2.05, 4.69) is 12.2 Å². The quantitative estimate of drug-likeness (QED) is 0.714. The van der Waals surface area contributed by atoms with Crippen molar-refractivity contribution in [1.82, 2.24) is 14.9 Å². The number of piperidine rings is 1. The third kappa shape index (κ3) is 3.88. The highest BCUT2D eigenvalue weighted by atomic mass is 19.1. The van der Waals surface area contributed by atoms with Crippen molar-refractivity contribution >= 4 is 11.8 Å². The Hall–Kier alpha value is -3.50. The molecule has 0 bridgehead atoms. The molecule has 2 amide bonds. The molecule has 1 aromatic heterocycles. The molecule has 1 N–H and O–H groups in total. The predicted molar refractivity (Wildman–Crippen MR) is 117 cm³/mol. The van der Waals surface area contributed by atoms with Crippen molar-refractivity contribution in [3.63, 3.8) is 0 Å². The van der Waals surface area contributed by atoms with Crippen molar-refractivity contribution in [3.05, 3.63) is 62.8 Å². The maximum atomic E-state index is 14.0. The molecule has 0 radical (unpaired) electrons. The van der Waals surface area contributed by atoms with Gasteiger partial charge in [0.2, 0.25) is 5.43 Å². The molecule has 1 saturated heterocycles. The first-order valence-corrected chi connectivity index (χ1v) is 11.0. The van der Waals surface area contributed by atoms with Crippen LogP contribution in [0.25, 0.3) is 0 Å². The number of amides is 2. The van der Waals surface area contributed by atoms with Crippen LogP contribution in [0.3, 0.4) is 0 Å². The van der Waals surface area contributed by atoms with Crippen LogP contribution in [-0.4, -0.2) is 47.8 Å². The molecular formula is C23H25F3N4O4. The van der Waals surface area contributed by atoms with Crippen LogP contribution in [0.15, 0.2) is 23.1 Å². The highest BCUT2D eigenvalue weighted by Crippen LogP contribution is 2.31. The molecule has 2 atom stereocenters. The van der Waals surface area contributed by atoms with Crippen LogP contribution >= 0.6 is 0 Å². The van der Waals surface area contributed by atoms with E-state index in [1.54, 1.807) is 4.90 Å². The Bertz CT molecular complexity index is 1190. The fourth-order valence-corrected chi connectivity index (χ4v) is 4.62. The minimum absolute atomic E-state index is 0.0203. The summed E-state index contributed by atoms with van der Waals surface area (Å²) in [5.41, 5.74) is -1.69. The number of halogens is 3. The molecule has 2 aliphatic heterocycles. The van der Waals surface area contributed by atoms with Crippen LogP contribution < -0.4 is 20.5 Å². The third-order valence-corrected chi connectivity index (χ3v) is 6.33. The number of fused-ring (bicyclic) bond motifs is 3. The SMILES string of the molecule is CCN1C(=O)c2c(OC)c(=O)c(C(=O)NCc3c(F)cc(F)cc3F)cn2N2C[C@@H](C)CC[C@@H]12. The third-order valence-electron chi connectivity index (χ3n) is 6.33. The fraction of sp³-hybridized carbons (Fsp3) is 0.435. The topological polar surface area (TPSA) is 83.9 Å². The van der Waals surface area contributed by atoms with Gasteiger partial charge in [-0.15, -0.1) is 0 Å². The van der Waals surface area contributed by atoms with E-state index in [4.69, 9.17) is 4.74 Å². The number of aromatic nitrogens is 1. The van der Waals surface area contributed by atoms with E-state index in [0.29, 0.717) is 31.1 Å². The summed E-state index contributed by atoms with van der Waals surface area (Å²) in [6.45, 7) is 4.33. The van der Waals surface area contributed by atoms with Gasteiger partial charge in [0.15, 0.2) is 11.4 Å². The lowest BCUT2D eigenvalue weighted by atomic mass is 9.97. The Balaban J connectivity index is 1.74. The molecule has 2 aliphatic rings. The molecule has 4 rings (SSSR count). The molecule has 0 aliphatic carbocycles. The minimum atomic E-state index is -1.16. The van der Waals surface area contributed by atoms with Crippen molar-refractivity contribution in [3.8, 4) is 5.75 Å². The van der Waals surface area contributed by atoms with E-state index < -0.39 is 40.9 Å². The number of ether oxygens (including phenoxy) is 1. The van der Waals surface area contributed by atoms with Gasteiger partial charge in [0.25, 0.3) is 11.8 Å². The number of nitrogens with one attached hydrogen (secondary N) is 1. The molecule has 1 fully saturated rings. The van der Waals surface area contributed by atoms with E-state index in [0.717, 1.165) is 12.8 Å². The van der Waals surface area contributed by atoms with Crippen molar-refractivity contribution in [1.29, 1.82) is 0 Å². The van der Waals surface area contributed by atoms with Crippen LogP contribution in [0.2, 0.25) is 0 Å². The first-order chi connectivity index (χ1) is 16.2. The van der Waals surface area contributed by atoms with E-state index in [1.807, 2.05) is 11.9 Å². The largest absolute Gasteiger partial charge is 0.491 e. The van der Waals surface area contributed by atoms with Crippen LogP contribution in [0, 0.1) is 23.4 Å². The summed E-state index contributed by atoms with van der Waals surface area (Å²) in [4.78, 5) is 40.9. The van der Waals surface area contributed by atoms with Gasteiger partial charge < -0.3 is 15.0 Å². The Morgan fingerprint density at radius 3 is 2.47 bits per heavy atom. The van der Waals surface area contributed by atoms with Crippen LogP contribution in [0.5, 0.6) is 5.75 Å². The zero-order valence-corrected chi connectivity index (χ0v) is 19.0. The van der Waals surface area contributed by atoms with Gasteiger partial charge in [0.1, 0.15) is 29.2 Å². The molecule has 0 spiro atoms. The second-order valence-corrected chi connectivity index (χ2v) is 8.51. The minimum Gasteiger partial charge on any atom is -0.491 e. The number of rotatable bonds is 5. The number of hydrogen-bond donors (Lipinski definition) is 1. The van der Waals surface area contributed by atoms with Crippen LogP contribution in [-0.2, 0) is 6.54 Å². The Labute approximate surface area is 193 Å². The molecule has 0 unspecified atom stereocenters. The Morgan fingerprint density at radius 2 is 1.85 bits per heavy atom. The van der Waals surface area contributed by atoms with E-state index >= 15 is 0 Å². The van der Waals surface area contributed by atoms with Gasteiger partial charge in [-0.3, -0.25) is 24.1 Å². The molecule has 11 heteroatoms. The van der Waals surface area contributed by atoms with Crippen LogP contribution in [0.4, 0.5) is 13.2 Å². The van der Waals surface area contributed by atoms with Gasteiger partial charge in [-0.05, 0) is 25.7 Å².